The molecule has 3 atom stereocenters. The van der Waals surface area contributed by atoms with Gasteiger partial charge in [-0.15, -0.1) is 0 Å². The molecular weight excluding hydrogens is 394 g/mol. The van der Waals surface area contributed by atoms with Crippen LogP contribution in [0.1, 0.15) is 34.6 Å². The molecule has 5 nitrogen and oxygen atoms in total. The molecule has 2 aromatic carbocycles. The van der Waals surface area contributed by atoms with Crippen LogP contribution in [-0.4, -0.2) is 49.9 Å². The summed E-state index contributed by atoms with van der Waals surface area (Å²) in [5, 5.41) is 14.9. The van der Waals surface area contributed by atoms with Crippen molar-refractivity contribution < 1.29 is 18.6 Å². The normalized spacial score (nSPS) is 25.8. The number of hydroxylamine groups is 1. The van der Waals surface area contributed by atoms with Gasteiger partial charge in [-0.2, -0.15) is 0 Å². The molecule has 2 aliphatic heterocycles. The predicted octanol–water partition coefficient (Wildman–Crippen LogP) is 3.05. The Kier molecular flexibility index (Phi) is 5.39. The Labute approximate surface area is 180 Å². The van der Waals surface area contributed by atoms with Crippen LogP contribution < -0.4 is 10.4 Å². The molecule has 0 unspecified atom stereocenters. The Bertz CT molecular complexity index is 868. The molecule has 0 spiro atoms. The summed E-state index contributed by atoms with van der Waals surface area (Å²) in [6, 6.07) is 20.5. The van der Waals surface area contributed by atoms with Crippen LogP contribution in [0.15, 0.2) is 60.7 Å². The first-order valence-corrected chi connectivity index (χ1v) is 12.5. The summed E-state index contributed by atoms with van der Waals surface area (Å²) in [7, 11) is -2.70. The van der Waals surface area contributed by atoms with E-state index < -0.39 is 20.1 Å². The van der Waals surface area contributed by atoms with Crippen molar-refractivity contribution in [3.05, 3.63) is 65.9 Å². The highest BCUT2D eigenvalue weighted by atomic mass is 28.4. The van der Waals surface area contributed by atoms with E-state index in [1.54, 1.807) is 6.21 Å². The molecule has 0 saturated carbocycles. The predicted molar refractivity (Wildman–Crippen MR) is 121 cm³/mol. The van der Waals surface area contributed by atoms with Crippen LogP contribution in [0, 0.1) is 5.21 Å². The average molecular weight is 426 g/mol. The van der Waals surface area contributed by atoms with Crippen molar-refractivity contribution in [3.8, 4) is 0 Å². The van der Waals surface area contributed by atoms with Crippen molar-refractivity contribution in [2.24, 2.45) is 0 Å². The van der Waals surface area contributed by atoms with Gasteiger partial charge in [0.1, 0.15) is 6.61 Å². The maximum Gasteiger partial charge on any atom is 0.261 e. The standard InChI is InChI=1S/C24H31NO4Si/c1-23(2,3)30(18-12-8-6-9-13-18,19-14-10-7-11-15-19)27-17-20-22-21(16-25(20)26)28-24(4,5)29-22/h6-16,20-22H,17H2,1-5H3/t20-,21+,22-/m1/s1. The summed E-state index contributed by atoms with van der Waals surface area (Å²) in [6.45, 7) is 10.7. The Morgan fingerprint density at radius 1 is 0.967 bits per heavy atom. The minimum Gasteiger partial charge on any atom is -0.624 e. The first kappa shape index (κ1) is 21.2. The number of benzene rings is 2. The zero-order chi connectivity index (χ0) is 21.6. The minimum absolute atomic E-state index is 0.141. The second kappa shape index (κ2) is 7.61. The van der Waals surface area contributed by atoms with Gasteiger partial charge in [0.25, 0.3) is 8.32 Å². The fourth-order valence-corrected chi connectivity index (χ4v) is 9.35. The van der Waals surface area contributed by atoms with Crippen molar-refractivity contribution in [2.45, 2.75) is 63.7 Å². The van der Waals surface area contributed by atoms with Crippen molar-refractivity contribution in [3.63, 3.8) is 0 Å². The smallest absolute Gasteiger partial charge is 0.261 e. The van der Waals surface area contributed by atoms with E-state index in [2.05, 4.69) is 69.3 Å². The molecule has 0 aromatic heterocycles. The molecule has 160 valence electrons. The monoisotopic (exact) mass is 425 g/mol. The molecule has 1 fully saturated rings. The molecule has 1 saturated heterocycles. The van der Waals surface area contributed by atoms with Crippen molar-refractivity contribution in [2.75, 3.05) is 6.61 Å². The summed E-state index contributed by atoms with van der Waals surface area (Å²) in [6.07, 6.45) is 0.930. The largest absolute Gasteiger partial charge is 0.624 e. The van der Waals surface area contributed by atoms with Crippen molar-refractivity contribution >= 4 is 24.9 Å². The van der Waals surface area contributed by atoms with Gasteiger partial charge in [-0.3, -0.25) is 0 Å². The lowest BCUT2D eigenvalue weighted by atomic mass is 10.1. The van der Waals surface area contributed by atoms with E-state index in [4.69, 9.17) is 13.9 Å². The van der Waals surface area contributed by atoms with Crippen LogP contribution in [0.4, 0.5) is 0 Å². The van der Waals surface area contributed by atoms with Gasteiger partial charge in [0.15, 0.2) is 24.2 Å². The van der Waals surface area contributed by atoms with Gasteiger partial charge >= 0.3 is 0 Å². The van der Waals surface area contributed by atoms with Crippen LogP contribution >= 0.6 is 0 Å². The fourth-order valence-electron chi connectivity index (χ4n) is 4.77. The van der Waals surface area contributed by atoms with Crippen molar-refractivity contribution in [1.82, 2.24) is 0 Å². The van der Waals surface area contributed by atoms with Crippen LogP contribution in [0.5, 0.6) is 0 Å². The molecule has 2 heterocycles. The van der Waals surface area contributed by atoms with E-state index in [-0.39, 0.29) is 23.9 Å². The third-order valence-corrected chi connectivity index (χ3v) is 11.1. The highest BCUT2D eigenvalue weighted by molar-refractivity contribution is 6.99. The number of ether oxygens (including phenoxy) is 2. The summed E-state index contributed by atoms with van der Waals surface area (Å²) in [4.78, 5) is 0. The number of fused-ring (bicyclic) bond motifs is 1. The first-order valence-electron chi connectivity index (χ1n) is 10.6. The molecule has 6 heteroatoms. The van der Waals surface area contributed by atoms with Gasteiger partial charge in [-0.05, 0) is 29.3 Å². The Balaban J connectivity index is 1.72. The maximum atomic E-state index is 12.7. The van der Waals surface area contributed by atoms with Crippen LogP contribution in [0.25, 0.3) is 0 Å². The van der Waals surface area contributed by atoms with E-state index in [1.807, 2.05) is 26.0 Å². The van der Waals surface area contributed by atoms with Crippen LogP contribution in [-0.2, 0) is 13.9 Å². The first-order chi connectivity index (χ1) is 14.1. The number of hydrogen-bond acceptors (Lipinski definition) is 4. The lowest BCUT2D eigenvalue weighted by Gasteiger charge is -2.43. The van der Waals surface area contributed by atoms with E-state index in [0.717, 1.165) is 4.74 Å². The van der Waals surface area contributed by atoms with Gasteiger partial charge in [0, 0.05) is 0 Å². The molecule has 2 aliphatic rings. The van der Waals surface area contributed by atoms with Crippen LogP contribution in [0.2, 0.25) is 5.04 Å². The Morgan fingerprint density at radius 2 is 1.50 bits per heavy atom. The molecule has 2 aromatic rings. The molecule has 0 N–H and O–H groups in total. The third-order valence-electron chi connectivity index (χ3n) is 6.05. The minimum atomic E-state index is -2.70. The lowest BCUT2D eigenvalue weighted by Crippen LogP contribution is -2.67. The Morgan fingerprint density at radius 3 is 2.00 bits per heavy atom. The molecule has 0 amide bonds. The zero-order valence-electron chi connectivity index (χ0n) is 18.4. The lowest BCUT2D eigenvalue weighted by molar-refractivity contribution is -0.503. The van der Waals surface area contributed by atoms with Gasteiger partial charge in [0.2, 0.25) is 6.04 Å². The highest BCUT2D eigenvalue weighted by Gasteiger charge is 2.56. The van der Waals surface area contributed by atoms with E-state index in [9.17, 15) is 5.21 Å². The van der Waals surface area contributed by atoms with Crippen LogP contribution in [0.3, 0.4) is 0 Å². The molecular formula is C24H31NO4Si. The second-order valence-corrected chi connectivity index (χ2v) is 13.9. The summed E-state index contributed by atoms with van der Waals surface area (Å²) in [5.41, 5.74) is 0. The van der Waals surface area contributed by atoms with E-state index in [1.165, 1.54) is 10.4 Å². The van der Waals surface area contributed by atoms with E-state index >= 15 is 0 Å². The molecule has 0 radical (unpaired) electrons. The van der Waals surface area contributed by atoms with Gasteiger partial charge < -0.3 is 19.1 Å². The van der Waals surface area contributed by atoms with E-state index in [0.29, 0.717) is 0 Å². The fraction of sp³-hybridized carbons (Fsp3) is 0.458. The summed E-state index contributed by atoms with van der Waals surface area (Å²) < 4.78 is 19.8. The summed E-state index contributed by atoms with van der Waals surface area (Å²) >= 11 is 0. The Hall–Kier alpha value is -1.99. The maximum absolute atomic E-state index is 12.7. The topological polar surface area (TPSA) is 53.8 Å². The van der Waals surface area contributed by atoms with Gasteiger partial charge in [0.05, 0.1) is 0 Å². The second-order valence-electron chi connectivity index (χ2n) is 9.62. The summed E-state index contributed by atoms with van der Waals surface area (Å²) in [5.74, 6) is -0.692. The third kappa shape index (κ3) is 3.62. The van der Waals surface area contributed by atoms with Crippen molar-refractivity contribution in [1.29, 1.82) is 0 Å². The van der Waals surface area contributed by atoms with Gasteiger partial charge in [-0.1, -0.05) is 81.4 Å². The van der Waals surface area contributed by atoms with Gasteiger partial charge in [-0.25, -0.2) is 4.74 Å². The quantitative estimate of drug-likeness (QED) is 0.420. The molecule has 0 bridgehead atoms. The average Bonchev–Trinajstić information content (AvgIpc) is 3.13. The number of rotatable bonds is 5. The highest BCUT2D eigenvalue weighted by Crippen LogP contribution is 2.38. The zero-order valence-corrected chi connectivity index (χ0v) is 19.4. The number of hydrogen-bond donors (Lipinski definition) is 0. The number of nitrogens with zero attached hydrogens (tertiary/aromatic N) is 1. The molecule has 0 aliphatic carbocycles. The molecule has 30 heavy (non-hydrogen) atoms. The SMILES string of the molecule is CC1(C)O[C@H]2[C@H](C=[N+]([O-])[C@@H]2CO[Si](c2ccccc2)(c2ccccc2)C(C)(C)C)O1. The molecule has 4 rings (SSSR count).